The van der Waals surface area contributed by atoms with E-state index in [9.17, 15) is 22.8 Å². The molecule has 0 spiro atoms. The summed E-state index contributed by atoms with van der Waals surface area (Å²) < 4.78 is 33.6. The second-order valence-corrected chi connectivity index (χ2v) is 10.6. The fourth-order valence-corrected chi connectivity index (χ4v) is 6.15. The molecule has 1 atom stereocenters. The van der Waals surface area contributed by atoms with Gasteiger partial charge in [-0.15, -0.1) is 0 Å². The lowest BCUT2D eigenvalue weighted by Gasteiger charge is -2.29. The van der Waals surface area contributed by atoms with Gasteiger partial charge in [0.15, 0.2) is 11.5 Å². The van der Waals surface area contributed by atoms with Crippen molar-refractivity contribution in [3.8, 4) is 0 Å². The van der Waals surface area contributed by atoms with Gasteiger partial charge in [0.25, 0.3) is 5.91 Å². The Balaban J connectivity index is 1.99. The van der Waals surface area contributed by atoms with E-state index < -0.39 is 22.0 Å². The summed E-state index contributed by atoms with van der Waals surface area (Å²) in [6.45, 7) is 8.57. The van der Waals surface area contributed by atoms with Gasteiger partial charge in [-0.25, -0.2) is 4.72 Å². The van der Waals surface area contributed by atoms with Crippen molar-refractivity contribution in [1.82, 2.24) is 18.3 Å². The number of allylic oxidation sites excluding steroid dienone is 2. The second-order valence-electron chi connectivity index (χ2n) is 8.26. The summed E-state index contributed by atoms with van der Waals surface area (Å²) in [5.41, 5.74) is 0.907. The summed E-state index contributed by atoms with van der Waals surface area (Å²) in [4.78, 5) is 39.5. The molecule has 2 amide bonds. The molecule has 1 aromatic carbocycles. The van der Waals surface area contributed by atoms with E-state index in [1.807, 2.05) is 0 Å². The van der Waals surface area contributed by atoms with Gasteiger partial charge in [0.2, 0.25) is 5.91 Å². The Morgan fingerprint density at radius 3 is 2.41 bits per heavy atom. The van der Waals surface area contributed by atoms with Crippen LogP contribution in [0.1, 0.15) is 56.6 Å². The van der Waals surface area contributed by atoms with Gasteiger partial charge in [-0.3, -0.25) is 14.4 Å². The van der Waals surface area contributed by atoms with E-state index >= 15 is 0 Å². The van der Waals surface area contributed by atoms with Gasteiger partial charge in [0, 0.05) is 36.3 Å². The van der Waals surface area contributed by atoms with Crippen LogP contribution in [0.3, 0.4) is 0 Å². The summed E-state index contributed by atoms with van der Waals surface area (Å²) >= 11 is 1.04. The first-order valence-corrected chi connectivity index (χ1v) is 12.3. The molecule has 1 aliphatic rings. The van der Waals surface area contributed by atoms with Crippen LogP contribution in [0.5, 0.6) is 0 Å². The fourth-order valence-electron chi connectivity index (χ4n) is 3.85. The van der Waals surface area contributed by atoms with Gasteiger partial charge in [-0.2, -0.15) is 17.1 Å². The lowest BCUT2D eigenvalue weighted by atomic mass is 9.89. The van der Waals surface area contributed by atoms with Crippen LogP contribution in [0, 0.1) is 0 Å². The van der Waals surface area contributed by atoms with E-state index in [-0.39, 0.29) is 29.5 Å². The number of carbonyl (C=O) groups is 3. The number of nitrogens with zero attached hydrogens (tertiary/aromatic N) is 3. The quantitative estimate of drug-likeness (QED) is 0.638. The molecule has 32 heavy (non-hydrogen) atoms. The molecule has 2 heterocycles. The molecule has 1 unspecified atom stereocenters. The Morgan fingerprint density at radius 2 is 1.81 bits per heavy atom. The minimum atomic E-state index is -4.10. The number of carbonyl (C=O) groups excluding carboxylic acids is 3. The monoisotopic (exact) mass is 478 g/mol. The van der Waals surface area contributed by atoms with E-state index in [2.05, 4.69) is 9.10 Å². The number of aromatic nitrogens is 1. The molecule has 3 rings (SSSR count). The maximum absolute atomic E-state index is 12.9. The summed E-state index contributed by atoms with van der Waals surface area (Å²) in [6, 6.07) is 4.19. The van der Waals surface area contributed by atoms with Crippen molar-refractivity contribution in [1.29, 1.82) is 0 Å². The Hall–Kier alpha value is -2.63. The first-order chi connectivity index (χ1) is 14.8. The van der Waals surface area contributed by atoms with Gasteiger partial charge >= 0.3 is 10.2 Å². The van der Waals surface area contributed by atoms with E-state index in [0.29, 0.717) is 21.3 Å². The predicted molar refractivity (Wildman–Crippen MR) is 122 cm³/mol. The molecule has 2 aromatic rings. The van der Waals surface area contributed by atoms with Crippen molar-refractivity contribution >= 4 is 49.4 Å². The molecule has 11 heteroatoms. The highest BCUT2D eigenvalue weighted by Gasteiger charge is 2.35. The number of hydrogen-bond donors (Lipinski definition) is 1. The van der Waals surface area contributed by atoms with Crippen molar-refractivity contribution in [2.75, 3.05) is 7.05 Å². The topological polar surface area (TPSA) is 117 Å². The highest BCUT2D eigenvalue weighted by molar-refractivity contribution is 7.87. The van der Waals surface area contributed by atoms with Crippen molar-refractivity contribution in [2.45, 2.75) is 52.6 Å². The molecule has 0 saturated heterocycles. The standard InChI is InChI=1S/C21H26N4O5S2/c1-11(2)25(12(3)4)32(29,30)23-20(27)19-15-10-14(7-8-17(15)31-22-19)18-16(26)9-13(5)24(6)21(18)28/h7-12,18H,1-6H3,(H,23,27). The molecular weight excluding hydrogens is 452 g/mol. The molecular formula is C21H26N4O5S2. The number of hydrogen-bond acceptors (Lipinski definition) is 7. The Bertz CT molecular complexity index is 1220. The molecule has 172 valence electrons. The smallest absolute Gasteiger partial charge is 0.304 e. The van der Waals surface area contributed by atoms with E-state index in [1.54, 1.807) is 59.9 Å². The number of fused-ring (bicyclic) bond motifs is 1. The summed E-state index contributed by atoms with van der Waals surface area (Å²) in [5, 5.41) is 0.385. The van der Waals surface area contributed by atoms with E-state index in [4.69, 9.17) is 0 Å². The Morgan fingerprint density at radius 1 is 1.19 bits per heavy atom. The first kappa shape index (κ1) is 24.0. The van der Waals surface area contributed by atoms with Crippen LogP contribution in [0.25, 0.3) is 10.1 Å². The van der Waals surface area contributed by atoms with Gasteiger partial charge < -0.3 is 4.90 Å². The van der Waals surface area contributed by atoms with Gasteiger partial charge in [0.1, 0.15) is 5.92 Å². The zero-order valence-electron chi connectivity index (χ0n) is 18.7. The zero-order chi connectivity index (χ0) is 24.0. The minimum absolute atomic E-state index is 0.0707. The second kappa shape index (κ2) is 8.72. The van der Waals surface area contributed by atoms with Gasteiger partial charge in [0.05, 0.1) is 4.70 Å². The molecule has 0 bridgehead atoms. The number of amides is 2. The van der Waals surface area contributed by atoms with Crippen LogP contribution in [0.4, 0.5) is 0 Å². The maximum Gasteiger partial charge on any atom is 0.304 e. The number of benzene rings is 1. The number of rotatable bonds is 6. The molecule has 0 radical (unpaired) electrons. The minimum Gasteiger partial charge on any atom is -0.319 e. The van der Waals surface area contributed by atoms with Crippen LogP contribution in [0.2, 0.25) is 0 Å². The van der Waals surface area contributed by atoms with Crippen LogP contribution in [-0.2, 0) is 19.8 Å². The number of ketones is 1. The summed E-state index contributed by atoms with van der Waals surface area (Å²) in [6.07, 6.45) is 1.41. The molecule has 0 aliphatic carbocycles. The normalized spacial score (nSPS) is 17.6. The third-order valence-electron chi connectivity index (χ3n) is 5.30. The van der Waals surface area contributed by atoms with Crippen molar-refractivity contribution in [3.05, 3.63) is 41.2 Å². The highest BCUT2D eigenvalue weighted by Crippen LogP contribution is 2.31. The molecule has 0 saturated carbocycles. The summed E-state index contributed by atoms with van der Waals surface area (Å²) in [5.74, 6) is -2.60. The average molecular weight is 479 g/mol. The van der Waals surface area contributed by atoms with Crippen LogP contribution in [0.15, 0.2) is 30.0 Å². The number of likely N-dealkylation sites (N-methyl/N-ethyl adjacent to an activating group) is 1. The largest absolute Gasteiger partial charge is 0.319 e. The SMILES string of the molecule is CC1=CC(=O)C(c2ccc3snc(C(=O)NS(=O)(=O)N(C(C)C)C(C)C)c3c2)C(=O)N1C. The van der Waals surface area contributed by atoms with Crippen molar-refractivity contribution in [3.63, 3.8) is 0 Å². The molecule has 0 fully saturated rings. The molecule has 1 N–H and O–H groups in total. The average Bonchev–Trinajstić information content (AvgIpc) is 3.08. The molecule has 1 aromatic heterocycles. The van der Waals surface area contributed by atoms with Crippen molar-refractivity contribution in [2.24, 2.45) is 0 Å². The van der Waals surface area contributed by atoms with Crippen LogP contribution >= 0.6 is 11.5 Å². The fraction of sp³-hybridized carbons (Fsp3) is 0.429. The van der Waals surface area contributed by atoms with Crippen LogP contribution in [-0.4, -0.2) is 58.7 Å². The maximum atomic E-state index is 12.9. The van der Waals surface area contributed by atoms with E-state index in [1.165, 1.54) is 15.3 Å². The summed E-state index contributed by atoms with van der Waals surface area (Å²) in [7, 11) is -2.51. The number of nitrogens with one attached hydrogen (secondary N) is 1. The lowest BCUT2D eigenvalue weighted by Crippen LogP contribution is -2.49. The Labute approximate surface area is 191 Å². The van der Waals surface area contributed by atoms with Gasteiger partial charge in [-0.05, 0) is 63.8 Å². The highest BCUT2D eigenvalue weighted by atomic mass is 32.2. The van der Waals surface area contributed by atoms with E-state index in [0.717, 1.165) is 11.5 Å². The van der Waals surface area contributed by atoms with Crippen molar-refractivity contribution < 1.29 is 22.8 Å². The third kappa shape index (κ3) is 4.32. The Kier molecular flexibility index (Phi) is 6.55. The predicted octanol–water partition coefficient (Wildman–Crippen LogP) is 2.42. The zero-order valence-corrected chi connectivity index (χ0v) is 20.4. The van der Waals surface area contributed by atoms with Gasteiger partial charge in [-0.1, -0.05) is 6.07 Å². The molecule has 1 aliphatic heterocycles. The lowest BCUT2D eigenvalue weighted by molar-refractivity contribution is -0.135. The molecule has 9 nitrogen and oxygen atoms in total. The third-order valence-corrected chi connectivity index (χ3v) is 7.97. The first-order valence-electron chi connectivity index (χ1n) is 10.1. The van der Waals surface area contributed by atoms with Crippen LogP contribution < -0.4 is 4.72 Å².